The quantitative estimate of drug-likeness (QED) is 0.0936. The topological polar surface area (TPSA) is 201 Å². The molecule has 0 aromatic rings. The highest BCUT2D eigenvalue weighted by molar-refractivity contribution is 7.88. The van der Waals surface area contributed by atoms with Crippen LogP contribution in [0, 0.1) is 5.92 Å². The molecule has 0 spiro atoms. The summed E-state index contributed by atoms with van der Waals surface area (Å²) in [6.07, 6.45) is -10.7. The molecule has 0 saturated carbocycles. The molecule has 2 rings (SSSR count). The fourth-order valence-electron chi connectivity index (χ4n) is 3.75. The van der Waals surface area contributed by atoms with Crippen LogP contribution in [0.1, 0.15) is 13.8 Å². The molecular weight excluding hydrogens is 474 g/mol. The highest BCUT2D eigenvalue weighted by Gasteiger charge is 2.52. The van der Waals surface area contributed by atoms with Gasteiger partial charge in [-0.3, -0.25) is 4.79 Å². The maximum absolute atomic E-state index is 11.8. The van der Waals surface area contributed by atoms with Gasteiger partial charge >= 0.3 is 5.97 Å². The Bertz CT molecular complexity index is 643. The van der Waals surface area contributed by atoms with Gasteiger partial charge in [0.25, 0.3) is 0 Å². The number of aliphatic hydroxyl groups excluding tert-OH is 2. The standard InChI is InChI=1S/C17H29NO14S/c1-6-8(5-27-31-32-33-24)28-16(26-4)9(18-7(2)19)12(6)29-17-11(21)10(20)13(25-3)14(30-17)15(22)23/h6,8-14,16-17,20-21,24H,5H2,1-4H3,(H,18,19)(H,22,23)/t6-,8?,9?,10+,11?,12-,13-,14?,16+,17+/m0/s1. The summed E-state index contributed by atoms with van der Waals surface area (Å²) in [5.74, 6) is -2.46. The van der Waals surface area contributed by atoms with Crippen LogP contribution >= 0.6 is 12.3 Å². The second-order valence-electron chi connectivity index (χ2n) is 7.40. The maximum Gasteiger partial charge on any atom is 0.335 e. The van der Waals surface area contributed by atoms with Crippen LogP contribution in [0.4, 0.5) is 0 Å². The lowest BCUT2D eigenvalue weighted by molar-refractivity contribution is -0.471. The van der Waals surface area contributed by atoms with Gasteiger partial charge in [0.15, 0.2) is 31.0 Å². The molecule has 0 aromatic heterocycles. The van der Waals surface area contributed by atoms with E-state index in [4.69, 9.17) is 33.1 Å². The van der Waals surface area contributed by atoms with Gasteiger partial charge in [-0.05, 0) is 0 Å². The smallest absolute Gasteiger partial charge is 0.335 e. The molecule has 0 bridgehead atoms. The Kier molecular flexibility index (Phi) is 11.1. The highest BCUT2D eigenvalue weighted by Crippen LogP contribution is 2.33. The van der Waals surface area contributed by atoms with E-state index >= 15 is 0 Å². The molecular formula is C17H29NO14S. The average Bonchev–Trinajstić information content (AvgIpc) is 2.77. The van der Waals surface area contributed by atoms with Gasteiger partial charge in [-0.15, -0.1) is 4.33 Å². The summed E-state index contributed by atoms with van der Waals surface area (Å²) in [4.78, 5) is 28.2. The van der Waals surface area contributed by atoms with Crippen molar-refractivity contribution in [2.24, 2.45) is 5.92 Å². The number of carbonyl (C=O) groups is 2. The first-order valence-electron chi connectivity index (χ1n) is 9.80. The van der Waals surface area contributed by atoms with Crippen molar-refractivity contribution >= 4 is 24.2 Å². The Morgan fingerprint density at radius 3 is 2.30 bits per heavy atom. The summed E-state index contributed by atoms with van der Waals surface area (Å²) >= 11 is -0.0811. The van der Waals surface area contributed by atoms with Crippen molar-refractivity contribution in [1.82, 2.24) is 5.32 Å². The summed E-state index contributed by atoms with van der Waals surface area (Å²) in [5, 5.41) is 37.2. The van der Waals surface area contributed by atoms with E-state index in [0.29, 0.717) is 0 Å². The molecule has 4 unspecified atom stereocenters. The minimum Gasteiger partial charge on any atom is -0.479 e. The van der Waals surface area contributed by atoms with E-state index in [2.05, 4.69) is 14.7 Å². The second kappa shape index (κ2) is 13.1. The number of ether oxygens (including phenoxy) is 5. The largest absolute Gasteiger partial charge is 0.479 e. The van der Waals surface area contributed by atoms with Gasteiger partial charge in [-0.1, -0.05) is 12.0 Å². The second-order valence-corrected chi connectivity index (χ2v) is 7.69. The zero-order valence-electron chi connectivity index (χ0n) is 18.3. The molecule has 5 N–H and O–H groups in total. The number of aliphatic hydroxyl groups is 2. The van der Waals surface area contributed by atoms with E-state index in [0.717, 1.165) is 0 Å². The number of hydrogen-bond donors (Lipinski definition) is 5. The lowest BCUT2D eigenvalue weighted by Gasteiger charge is -2.48. The Labute approximate surface area is 193 Å². The molecule has 0 aromatic carbocycles. The number of nitrogens with one attached hydrogen (secondary N) is 1. The normalized spacial score (nSPS) is 39.2. The Balaban J connectivity index is 2.26. The van der Waals surface area contributed by atoms with Crippen LogP contribution in [-0.4, -0.2) is 108 Å². The molecule has 0 aliphatic carbocycles. The number of methoxy groups -OCH3 is 2. The molecule has 10 atom stereocenters. The average molecular weight is 503 g/mol. The van der Waals surface area contributed by atoms with E-state index in [1.165, 1.54) is 21.1 Å². The summed E-state index contributed by atoms with van der Waals surface area (Å²) in [7, 11) is 2.50. The van der Waals surface area contributed by atoms with Crippen molar-refractivity contribution in [3.8, 4) is 0 Å². The van der Waals surface area contributed by atoms with Crippen LogP contribution in [0.5, 0.6) is 0 Å². The fourth-order valence-corrected chi connectivity index (χ4v) is 3.82. The third-order valence-corrected chi connectivity index (χ3v) is 5.47. The van der Waals surface area contributed by atoms with Crippen LogP contribution in [0.2, 0.25) is 0 Å². The Morgan fingerprint density at radius 1 is 1.06 bits per heavy atom. The fraction of sp³-hybridized carbons (Fsp3) is 0.882. The first-order valence-corrected chi connectivity index (χ1v) is 10.5. The summed E-state index contributed by atoms with van der Waals surface area (Å²) in [5.41, 5.74) is 0. The molecule has 0 radical (unpaired) electrons. The van der Waals surface area contributed by atoms with E-state index in [9.17, 15) is 24.9 Å². The van der Waals surface area contributed by atoms with Gasteiger partial charge in [0.05, 0.1) is 12.2 Å². The van der Waals surface area contributed by atoms with Crippen molar-refractivity contribution < 1.29 is 67.4 Å². The SMILES string of the molecule is CO[C@@H]1OC(COOOSO)[C@H](C)[C@H](O[C@@H]2OC(C(=O)O)[C@@H](OC)[C@H](O)C2O)C1NC(C)=O. The van der Waals surface area contributed by atoms with Gasteiger partial charge < -0.3 is 48.9 Å². The molecule has 15 nitrogen and oxygen atoms in total. The van der Waals surface area contributed by atoms with Crippen LogP contribution in [0.3, 0.4) is 0 Å². The van der Waals surface area contributed by atoms with Crippen LogP contribution in [0.15, 0.2) is 0 Å². The number of carbonyl (C=O) groups excluding carboxylic acids is 1. The van der Waals surface area contributed by atoms with Gasteiger partial charge in [0.2, 0.25) is 5.91 Å². The van der Waals surface area contributed by atoms with Crippen LogP contribution in [-0.2, 0) is 47.5 Å². The molecule has 1 amide bonds. The van der Waals surface area contributed by atoms with Crippen molar-refractivity contribution in [3.05, 3.63) is 0 Å². The van der Waals surface area contributed by atoms with Gasteiger partial charge in [-0.25, -0.2) is 9.68 Å². The number of amides is 1. The predicted molar refractivity (Wildman–Crippen MR) is 105 cm³/mol. The van der Waals surface area contributed by atoms with Crippen LogP contribution < -0.4 is 5.32 Å². The first-order chi connectivity index (χ1) is 15.7. The third-order valence-electron chi connectivity index (χ3n) is 5.35. The monoisotopic (exact) mass is 503 g/mol. The minimum absolute atomic E-state index is 0.0811. The predicted octanol–water partition coefficient (Wildman–Crippen LogP) is -1.57. The van der Waals surface area contributed by atoms with Gasteiger partial charge in [0.1, 0.15) is 31.0 Å². The number of carboxylic acid groups (broad SMARTS) is 1. The molecule has 2 aliphatic rings. The number of carboxylic acids is 1. The van der Waals surface area contributed by atoms with Gasteiger partial charge in [-0.2, -0.15) is 0 Å². The van der Waals surface area contributed by atoms with Crippen LogP contribution in [0.25, 0.3) is 0 Å². The van der Waals surface area contributed by atoms with E-state index in [1.807, 2.05) is 0 Å². The zero-order valence-corrected chi connectivity index (χ0v) is 19.1. The number of hydrogen-bond acceptors (Lipinski definition) is 14. The number of aliphatic carboxylic acids is 1. The van der Waals surface area contributed by atoms with E-state index in [-0.39, 0.29) is 18.9 Å². The summed E-state index contributed by atoms with van der Waals surface area (Å²) in [6.45, 7) is 2.70. The highest BCUT2D eigenvalue weighted by atomic mass is 32.2. The van der Waals surface area contributed by atoms with Crippen molar-refractivity contribution in [2.75, 3.05) is 20.8 Å². The molecule has 2 fully saturated rings. The Morgan fingerprint density at radius 2 is 1.76 bits per heavy atom. The van der Waals surface area contributed by atoms with Crippen molar-refractivity contribution in [2.45, 2.75) is 69.1 Å². The van der Waals surface area contributed by atoms with Crippen molar-refractivity contribution in [3.63, 3.8) is 0 Å². The van der Waals surface area contributed by atoms with E-state index in [1.54, 1.807) is 6.92 Å². The van der Waals surface area contributed by atoms with Crippen molar-refractivity contribution in [1.29, 1.82) is 0 Å². The molecule has 192 valence electrons. The maximum atomic E-state index is 11.8. The molecule has 2 saturated heterocycles. The third kappa shape index (κ3) is 6.93. The first kappa shape index (κ1) is 28.1. The van der Waals surface area contributed by atoms with Gasteiger partial charge in [0, 0.05) is 27.1 Å². The molecule has 33 heavy (non-hydrogen) atoms. The minimum atomic E-state index is -1.67. The van der Waals surface area contributed by atoms with E-state index < -0.39 is 73.0 Å². The molecule has 16 heteroatoms. The number of rotatable bonds is 11. The zero-order chi connectivity index (χ0) is 24.7. The Hall–Kier alpha value is -1.15. The lowest BCUT2D eigenvalue weighted by atomic mass is 9.88. The lowest BCUT2D eigenvalue weighted by Crippen LogP contribution is -2.66. The summed E-state index contributed by atoms with van der Waals surface area (Å²) < 4.78 is 40.0. The summed E-state index contributed by atoms with van der Waals surface area (Å²) in [6, 6.07) is -0.916. The molecule has 2 heterocycles. The molecule has 2 aliphatic heterocycles.